The van der Waals surface area contributed by atoms with Gasteiger partial charge in [-0.1, -0.05) is 12.1 Å². The van der Waals surface area contributed by atoms with Crippen molar-refractivity contribution in [3.8, 4) is 0 Å². The topological polar surface area (TPSA) is 51.0 Å². The average molecular weight is 340 g/mol. The van der Waals surface area contributed by atoms with Crippen LogP contribution in [0.3, 0.4) is 0 Å². The molecule has 0 amide bonds. The number of aryl methyl sites for hydroxylation is 2. The zero-order valence-corrected chi connectivity index (χ0v) is 13.9. The van der Waals surface area contributed by atoms with Crippen molar-refractivity contribution in [2.75, 3.05) is 11.9 Å². The first-order valence-electron chi connectivity index (χ1n) is 6.88. The number of nitrogens with zero attached hydrogens (tertiary/aromatic N) is 2. The van der Waals surface area contributed by atoms with Crippen LogP contribution in [0, 0.1) is 0 Å². The van der Waals surface area contributed by atoms with Gasteiger partial charge in [-0.25, -0.2) is 0 Å². The predicted molar refractivity (Wildman–Crippen MR) is 94.3 cm³/mol. The van der Waals surface area contributed by atoms with E-state index in [0.29, 0.717) is 6.01 Å². The van der Waals surface area contributed by atoms with Gasteiger partial charge in [0, 0.05) is 18.4 Å². The van der Waals surface area contributed by atoms with Crippen LogP contribution in [0.15, 0.2) is 47.0 Å². The summed E-state index contributed by atoms with van der Waals surface area (Å²) in [4.78, 5) is 8.77. The van der Waals surface area contributed by atoms with E-state index in [1.165, 1.54) is 5.56 Å². The van der Waals surface area contributed by atoms with E-state index < -0.39 is 0 Å². The summed E-state index contributed by atoms with van der Waals surface area (Å²) in [6.45, 7) is 2.83. The average Bonchev–Trinajstić information content (AvgIpc) is 2.88. The van der Waals surface area contributed by atoms with Gasteiger partial charge >= 0.3 is 0 Å². The van der Waals surface area contributed by atoms with Gasteiger partial charge in [0.25, 0.3) is 6.01 Å². The summed E-state index contributed by atoms with van der Waals surface area (Å²) in [5.41, 5.74) is 4.09. The Kier molecular flexibility index (Phi) is 7.15. The van der Waals surface area contributed by atoms with E-state index in [9.17, 15) is 0 Å². The number of nitrogens with one attached hydrogen (secondary N) is 1. The fraction of sp³-hybridized carbons (Fsp3) is 0.250. The zero-order chi connectivity index (χ0) is 13.8. The Labute approximate surface area is 142 Å². The van der Waals surface area contributed by atoms with Crippen LogP contribution in [0.25, 0.3) is 11.1 Å². The third-order valence-corrected chi connectivity index (χ3v) is 3.18. The van der Waals surface area contributed by atoms with Crippen molar-refractivity contribution in [2.24, 2.45) is 0 Å². The summed E-state index contributed by atoms with van der Waals surface area (Å²) in [7, 11) is 0. The summed E-state index contributed by atoms with van der Waals surface area (Å²) in [5, 5.41) is 3.09. The summed E-state index contributed by atoms with van der Waals surface area (Å²) < 4.78 is 5.59. The first-order valence-corrected chi connectivity index (χ1v) is 6.88. The number of halogens is 2. The molecule has 0 aliphatic rings. The lowest BCUT2D eigenvalue weighted by Crippen LogP contribution is -1.95. The second-order valence-electron chi connectivity index (χ2n) is 4.67. The molecule has 3 aromatic rings. The van der Waals surface area contributed by atoms with Crippen LogP contribution >= 0.6 is 24.8 Å². The normalized spacial score (nSPS) is 9.86. The molecule has 2 heterocycles. The van der Waals surface area contributed by atoms with Gasteiger partial charge in [0.15, 0.2) is 5.58 Å². The Morgan fingerprint density at radius 3 is 2.68 bits per heavy atom. The molecule has 3 rings (SSSR count). The van der Waals surface area contributed by atoms with Crippen LogP contribution in [0.1, 0.15) is 18.2 Å². The molecule has 2 aromatic heterocycles. The maximum Gasteiger partial charge on any atom is 0.295 e. The zero-order valence-electron chi connectivity index (χ0n) is 12.3. The molecule has 22 heavy (non-hydrogen) atoms. The van der Waals surface area contributed by atoms with E-state index in [4.69, 9.17) is 4.42 Å². The molecule has 1 N–H and O–H groups in total. The monoisotopic (exact) mass is 339 g/mol. The minimum absolute atomic E-state index is 0. The highest BCUT2D eigenvalue weighted by Crippen LogP contribution is 2.20. The highest BCUT2D eigenvalue weighted by Gasteiger charge is 2.05. The standard InChI is InChI=1S/C16H17N3O.2ClH/c1-2-17-16-19-14-11-12(7-9-15(14)20-16)6-8-13-5-3-4-10-18-13;;/h3-5,7,9-11H,2,6,8H2,1H3,(H,17,19);2*1H. The highest BCUT2D eigenvalue weighted by molar-refractivity contribution is 5.85. The molecule has 0 bridgehead atoms. The Morgan fingerprint density at radius 1 is 1.09 bits per heavy atom. The number of pyridine rings is 1. The molecule has 0 fully saturated rings. The lowest BCUT2D eigenvalue weighted by atomic mass is 10.1. The number of fused-ring (bicyclic) bond motifs is 1. The van der Waals surface area contributed by atoms with Crippen molar-refractivity contribution >= 4 is 41.9 Å². The van der Waals surface area contributed by atoms with E-state index in [-0.39, 0.29) is 24.8 Å². The molecular weight excluding hydrogens is 321 g/mol. The fourth-order valence-corrected chi connectivity index (χ4v) is 2.17. The number of benzene rings is 1. The molecule has 0 aliphatic carbocycles. The van der Waals surface area contributed by atoms with Gasteiger partial charge in [0.2, 0.25) is 0 Å². The van der Waals surface area contributed by atoms with Crippen molar-refractivity contribution < 1.29 is 4.42 Å². The summed E-state index contributed by atoms with van der Waals surface area (Å²) >= 11 is 0. The van der Waals surface area contributed by atoms with Gasteiger partial charge in [0.1, 0.15) is 5.52 Å². The minimum atomic E-state index is 0. The largest absolute Gasteiger partial charge is 0.424 e. The molecule has 4 nitrogen and oxygen atoms in total. The highest BCUT2D eigenvalue weighted by atomic mass is 35.5. The Morgan fingerprint density at radius 2 is 1.95 bits per heavy atom. The maximum absolute atomic E-state index is 5.59. The number of hydrogen-bond donors (Lipinski definition) is 1. The molecule has 0 saturated carbocycles. The van der Waals surface area contributed by atoms with E-state index in [1.807, 2.05) is 31.3 Å². The van der Waals surface area contributed by atoms with Crippen molar-refractivity contribution in [3.63, 3.8) is 0 Å². The molecule has 0 saturated heterocycles. The summed E-state index contributed by atoms with van der Waals surface area (Å²) in [6.07, 6.45) is 3.72. The Hall–Kier alpha value is -1.78. The number of oxazole rings is 1. The van der Waals surface area contributed by atoms with E-state index >= 15 is 0 Å². The van der Waals surface area contributed by atoms with Crippen LogP contribution in [0.2, 0.25) is 0 Å². The van der Waals surface area contributed by atoms with Crippen molar-refractivity contribution in [1.29, 1.82) is 0 Å². The predicted octanol–water partition coefficient (Wildman–Crippen LogP) is 4.28. The van der Waals surface area contributed by atoms with Crippen molar-refractivity contribution in [3.05, 3.63) is 53.9 Å². The molecule has 118 valence electrons. The van der Waals surface area contributed by atoms with Gasteiger partial charge in [-0.05, 0) is 49.6 Å². The van der Waals surface area contributed by atoms with E-state index in [1.54, 1.807) is 0 Å². The van der Waals surface area contributed by atoms with Crippen molar-refractivity contribution in [1.82, 2.24) is 9.97 Å². The third kappa shape index (κ3) is 4.36. The van der Waals surface area contributed by atoms with Gasteiger partial charge in [-0.2, -0.15) is 4.98 Å². The Bertz CT molecular complexity index is 701. The number of rotatable bonds is 5. The maximum atomic E-state index is 5.59. The number of anilines is 1. The molecule has 6 heteroatoms. The molecule has 0 unspecified atom stereocenters. The molecule has 0 aliphatic heterocycles. The first kappa shape index (κ1) is 18.3. The Balaban J connectivity index is 0.00000121. The van der Waals surface area contributed by atoms with Crippen LogP contribution < -0.4 is 5.32 Å². The molecule has 0 spiro atoms. The first-order chi connectivity index (χ1) is 9.85. The number of aromatic nitrogens is 2. The quantitative estimate of drug-likeness (QED) is 0.753. The van der Waals surface area contributed by atoms with Crippen LogP contribution in [0.5, 0.6) is 0 Å². The van der Waals surface area contributed by atoms with Crippen molar-refractivity contribution in [2.45, 2.75) is 19.8 Å². The SMILES string of the molecule is CCNc1nc2cc(CCc3ccccn3)ccc2o1.Cl.Cl. The van der Waals surface area contributed by atoms with E-state index in [2.05, 4.69) is 33.5 Å². The van der Waals surface area contributed by atoms with Gasteiger partial charge in [-0.15, -0.1) is 24.8 Å². The second kappa shape index (κ2) is 8.61. The summed E-state index contributed by atoms with van der Waals surface area (Å²) in [5.74, 6) is 0. The van der Waals surface area contributed by atoms with E-state index in [0.717, 1.165) is 36.2 Å². The number of hydrogen-bond acceptors (Lipinski definition) is 4. The van der Waals surface area contributed by atoms with Gasteiger partial charge in [0.05, 0.1) is 0 Å². The second-order valence-corrected chi connectivity index (χ2v) is 4.67. The lowest BCUT2D eigenvalue weighted by molar-refractivity contribution is 0.616. The summed E-state index contributed by atoms with van der Waals surface area (Å²) in [6, 6.07) is 12.8. The molecule has 1 aromatic carbocycles. The molecular formula is C16H19Cl2N3O. The van der Waals surface area contributed by atoms with Crippen LogP contribution in [-0.2, 0) is 12.8 Å². The van der Waals surface area contributed by atoms with Crippen LogP contribution in [0.4, 0.5) is 6.01 Å². The van der Waals surface area contributed by atoms with Gasteiger partial charge < -0.3 is 9.73 Å². The molecule has 0 atom stereocenters. The lowest BCUT2D eigenvalue weighted by Gasteiger charge is -2.00. The smallest absolute Gasteiger partial charge is 0.295 e. The fourth-order valence-electron chi connectivity index (χ4n) is 2.17. The van der Waals surface area contributed by atoms with Crippen LogP contribution in [-0.4, -0.2) is 16.5 Å². The third-order valence-electron chi connectivity index (χ3n) is 3.18. The van der Waals surface area contributed by atoms with Gasteiger partial charge in [-0.3, -0.25) is 4.98 Å². The molecule has 0 radical (unpaired) electrons. The minimum Gasteiger partial charge on any atom is -0.424 e.